The van der Waals surface area contributed by atoms with Crippen molar-refractivity contribution in [2.75, 3.05) is 26.7 Å². The predicted molar refractivity (Wildman–Crippen MR) is 66.2 cm³/mol. The summed E-state index contributed by atoms with van der Waals surface area (Å²) >= 11 is 0. The topological polar surface area (TPSA) is 49.6 Å². The van der Waals surface area contributed by atoms with Crippen LogP contribution in [0.3, 0.4) is 0 Å². The molecule has 2 atom stereocenters. The second kappa shape index (κ2) is 6.21. The number of nitrogens with two attached hydrogens (primary N) is 1. The van der Waals surface area contributed by atoms with E-state index in [1.807, 2.05) is 4.90 Å². The molecule has 4 heteroatoms. The van der Waals surface area contributed by atoms with Crippen molar-refractivity contribution >= 4 is 5.91 Å². The van der Waals surface area contributed by atoms with E-state index in [4.69, 9.17) is 5.73 Å². The Balaban J connectivity index is 2.42. The summed E-state index contributed by atoms with van der Waals surface area (Å²) in [6.45, 7) is 6.86. The number of carbonyl (C=O) groups excluding carboxylic acids is 1. The van der Waals surface area contributed by atoms with Gasteiger partial charge in [0.05, 0.1) is 6.04 Å². The molecule has 1 amide bonds. The van der Waals surface area contributed by atoms with Gasteiger partial charge in [-0.25, -0.2) is 0 Å². The lowest BCUT2D eigenvalue weighted by Crippen LogP contribution is -2.55. The van der Waals surface area contributed by atoms with Crippen molar-refractivity contribution < 1.29 is 4.79 Å². The monoisotopic (exact) mass is 227 g/mol. The quantitative estimate of drug-likeness (QED) is 0.768. The Bertz CT molecular complexity index is 232. The maximum absolute atomic E-state index is 12.0. The zero-order chi connectivity index (χ0) is 12.1. The van der Waals surface area contributed by atoms with Gasteiger partial charge in [0.2, 0.25) is 5.91 Å². The maximum Gasteiger partial charge on any atom is 0.239 e. The average Bonchev–Trinajstić information content (AvgIpc) is 2.28. The largest absolute Gasteiger partial charge is 0.339 e. The lowest BCUT2D eigenvalue weighted by Gasteiger charge is -2.38. The predicted octanol–water partition coefficient (Wildman–Crippen LogP) is 0.666. The van der Waals surface area contributed by atoms with Crippen LogP contribution in [0.4, 0.5) is 0 Å². The van der Waals surface area contributed by atoms with E-state index in [-0.39, 0.29) is 11.9 Å². The summed E-state index contributed by atoms with van der Waals surface area (Å²) in [6, 6.07) is 0.145. The summed E-state index contributed by atoms with van der Waals surface area (Å²) in [6.07, 6.45) is 2.95. The van der Waals surface area contributed by atoms with Crippen molar-refractivity contribution in [2.24, 2.45) is 5.73 Å². The van der Waals surface area contributed by atoms with Gasteiger partial charge >= 0.3 is 0 Å². The van der Waals surface area contributed by atoms with Crippen LogP contribution in [0.15, 0.2) is 0 Å². The second-order valence-corrected chi connectivity index (χ2v) is 4.86. The number of nitrogens with zero attached hydrogens (tertiary/aromatic N) is 2. The van der Waals surface area contributed by atoms with E-state index in [0.29, 0.717) is 6.04 Å². The van der Waals surface area contributed by atoms with Crippen LogP contribution < -0.4 is 5.73 Å². The number of hydrogen-bond donors (Lipinski definition) is 1. The zero-order valence-electron chi connectivity index (χ0n) is 10.8. The van der Waals surface area contributed by atoms with E-state index in [2.05, 4.69) is 25.8 Å². The highest BCUT2D eigenvalue weighted by atomic mass is 16.2. The Morgan fingerprint density at radius 2 is 2.19 bits per heavy atom. The van der Waals surface area contributed by atoms with Gasteiger partial charge in [-0.1, -0.05) is 19.8 Å². The first kappa shape index (κ1) is 13.5. The Hall–Kier alpha value is -0.610. The first-order valence-corrected chi connectivity index (χ1v) is 6.30. The van der Waals surface area contributed by atoms with E-state index in [0.717, 1.165) is 38.9 Å². The van der Waals surface area contributed by atoms with Gasteiger partial charge in [-0.15, -0.1) is 0 Å². The van der Waals surface area contributed by atoms with E-state index in [1.54, 1.807) is 0 Å². The fourth-order valence-electron chi connectivity index (χ4n) is 2.03. The third-order valence-electron chi connectivity index (χ3n) is 3.46. The van der Waals surface area contributed by atoms with Gasteiger partial charge < -0.3 is 15.5 Å². The second-order valence-electron chi connectivity index (χ2n) is 4.86. The van der Waals surface area contributed by atoms with Crippen LogP contribution in [0.25, 0.3) is 0 Å². The zero-order valence-corrected chi connectivity index (χ0v) is 10.8. The average molecular weight is 227 g/mol. The van der Waals surface area contributed by atoms with Crippen LogP contribution in [0, 0.1) is 0 Å². The summed E-state index contributed by atoms with van der Waals surface area (Å²) in [4.78, 5) is 16.2. The molecule has 0 radical (unpaired) electrons. The molecule has 1 heterocycles. The number of carbonyl (C=O) groups is 1. The highest BCUT2D eigenvalue weighted by Crippen LogP contribution is 2.10. The standard InChI is InChI=1S/C12H25N3O/c1-4-5-6-11(13)12(16)15-8-7-14(3)10(2)9-15/h10-11H,4-9,13H2,1-3H3/t10?,11-/m0/s1. The van der Waals surface area contributed by atoms with Gasteiger partial charge in [-0.05, 0) is 20.4 Å². The van der Waals surface area contributed by atoms with Gasteiger partial charge in [-0.2, -0.15) is 0 Å². The van der Waals surface area contributed by atoms with Crippen molar-refractivity contribution in [1.82, 2.24) is 9.80 Å². The van der Waals surface area contributed by atoms with Crippen LogP contribution in [0.1, 0.15) is 33.1 Å². The molecule has 0 saturated carbocycles. The van der Waals surface area contributed by atoms with Gasteiger partial charge in [0.1, 0.15) is 0 Å². The van der Waals surface area contributed by atoms with Crippen molar-refractivity contribution in [2.45, 2.75) is 45.2 Å². The molecule has 1 rings (SSSR count). The Morgan fingerprint density at radius 3 is 2.75 bits per heavy atom. The number of piperazine rings is 1. The molecule has 1 aliphatic heterocycles. The molecule has 0 aromatic rings. The van der Waals surface area contributed by atoms with Crippen molar-refractivity contribution in [3.8, 4) is 0 Å². The fraction of sp³-hybridized carbons (Fsp3) is 0.917. The molecular formula is C12H25N3O. The molecule has 0 spiro atoms. The van der Waals surface area contributed by atoms with Crippen molar-refractivity contribution in [3.05, 3.63) is 0 Å². The van der Waals surface area contributed by atoms with Gasteiger partial charge in [0, 0.05) is 25.7 Å². The van der Waals surface area contributed by atoms with Crippen LogP contribution in [0.2, 0.25) is 0 Å². The van der Waals surface area contributed by atoms with Crippen LogP contribution in [-0.4, -0.2) is 54.5 Å². The summed E-state index contributed by atoms with van der Waals surface area (Å²) in [5, 5.41) is 0. The Morgan fingerprint density at radius 1 is 1.50 bits per heavy atom. The molecule has 1 saturated heterocycles. The van der Waals surface area contributed by atoms with E-state index in [1.165, 1.54) is 0 Å². The van der Waals surface area contributed by atoms with Gasteiger partial charge in [0.15, 0.2) is 0 Å². The lowest BCUT2D eigenvalue weighted by atomic mass is 10.1. The molecule has 2 N–H and O–H groups in total. The van der Waals surface area contributed by atoms with E-state index >= 15 is 0 Å². The maximum atomic E-state index is 12.0. The first-order chi connectivity index (χ1) is 7.56. The third kappa shape index (κ3) is 3.46. The SMILES string of the molecule is CCCC[C@H](N)C(=O)N1CCN(C)C(C)C1. The Kier molecular flexibility index (Phi) is 5.22. The summed E-state index contributed by atoms with van der Waals surface area (Å²) in [5.74, 6) is 0.133. The normalized spacial score (nSPS) is 24.5. The molecule has 4 nitrogen and oxygen atoms in total. The summed E-state index contributed by atoms with van der Waals surface area (Å²) < 4.78 is 0. The molecule has 0 bridgehead atoms. The lowest BCUT2D eigenvalue weighted by molar-refractivity contribution is -0.135. The Labute approximate surface area is 98.8 Å². The van der Waals surface area contributed by atoms with Crippen molar-refractivity contribution in [1.29, 1.82) is 0 Å². The van der Waals surface area contributed by atoms with Crippen molar-refractivity contribution in [3.63, 3.8) is 0 Å². The minimum atomic E-state index is -0.296. The molecular weight excluding hydrogens is 202 g/mol. The number of rotatable bonds is 4. The molecule has 1 aliphatic rings. The van der Waals surface area contributed by atoms with Crippen LogP contribution >= 0.6 is 0 Å². The number of unbranched alkanes of at least 4 members (excludes halogenated alkanes) is 1. The molecule has 0 aromatic heterocycles. The summed E-state index contributed by atoms with van der Waals surface area (Å²) in [7, 11) is 2.10. The minimum absolute atomic E-state index is 0.133. The first-order valence-electron chi connectivity index (χ1n) is 6.30. The smallest absolute Gasteiger partial charge is 0.239 e. The number of amides is 1. The van der Waals surface area contributed by atoms with Crippen LogP contribution in [-0.2, 0) is 4.79 Å². The minimum Gasteiger partial charge on any atom is -0.339 e. The molecule has 94 valence electrons. The fourth-order valence-corrected chi connectivity index (χ4v) is 2.03. The highest BCUT2D eigenvalue weighted by Gasteiger charge is 2.27. The van der Waals surface area contributed by atoms with Crippen LogP contribution in [0.5, 0.6) is 0 Å². The molecule has 1 fully saturated rings. The third-order valence-corrected chi connectivity index (χ3v) is 3.46. The van der Waals surface area contributed by atoms with E-state index in [9.17, 15) is 4.79 Å². The van der Waals surface area contributed by atoms with Gasteiger partial charge in [0.25, 0.3) is 0 Å². The number of likely N-dealkylation sites (N-methyl/N-ethyl adjacent to an activating group) is 1. The number of hydrogen-bond acceptors (Lipinski definition) is 3. The van der Waals surface area contributed by atoms with E-state index < -0.39 is 0 Å². The molecule has 1 unspecified atom stereocenters. The highest BCUT2D eigenvalue weighted by molar-refractivity contribution is 5.81. The molecule has 16 heavy (non-hydrogen) atoms. The molecule has 0 aromatic carbocycles. The molecule has 0 aliphatic carbocycles. The van der Waals surface area contributed by atoms with Gasteiger partial charge in [-0.3, -0.25) is 4.79 Å². The summed E-state index contributed by atoms with van der Waals surface area (Å²) in [5.41, 5.74) is 5.91.